The Morgan fingerprint density at radius 2 is 1.83 bits per heavy atom. The topological polar surface area (TPSA) is 80.0 Å². The zero-order valence-electron chi connectivity index (χ0n) is 16.7. The Balaban J connectivity index is 1.81. The van der Waals surface area contributed by atoms with Gasteiger partial charge in [0.1, 0.15) is 29.1 Å². The second kappa shape index (κ2) is 7.78. The molecule has 2 aromatic rings. The molecule has 1 amide bonds. The summed E-state index contributed by atoms with van der Waals surface area (Å²) in [6.07, 6.45) is 3.76. The predicted molar refractivity (Wildman–Crippen MR) is 107 cm³/mol. The Labute approximate surface area is 169 Å². The smallest absolute Gasteiger partial charge is 0.296 e. The highest BCUT2D eigenvalue weighted by Crippen LogP contribution is 2.43. The lowest BCUT2D eigenvalue weighted by Gasteiger charge is -2.29. The number of aryl methyl sites for hydroxylation is 1. The Kier molecular flexibility index (Phi) is 5.18. The molecular formula is C23H25NO5. The average molecular weight is 395 g/mol. The predicted octanol–water partition coefficient (Wildman–Crippen LogP) is 4.35. The number of benzene rings is 1. The van der Waals surface area contributed by atoms with Crippen LogP contribution in [0.25, 0.3) is 5.76 Å². The van der Waals surface area contributed by atoms with Crippen LogP contribution in [0.5, 0.6) is 5.75 Å². The third kappa shape index (κ3) is 3.43. The number of carbonyl (C=O) groups excluding carboxylic acids is 2. The second-order valence-corrected chi connectivity index (χ2v) is 7.55. The maximum absolute atomic E-state index is 13.0. The number of ether oxygens (including phenoxy) is 1. The fourth-order valence-corrected chi connectivity index (χ4v) is 4.32. The fraction of sp³-hybridized carbons (Fsp3) is 0.391. The number of Topliss-reactive ketones (excluding diaryl/α,β-unsaturated/α-hetero) is 1. The lowest BCUT2D eigenvalue weighted by atomic mass is 9.98. The van der Waals surface area contributed by atoms with Gasteiger partial charge in [-0.3, -0.25) is 9.59 Å². The van der Waals surface area contributed by atoms with E-state index in [2.05, 4.69) is 0 Å². The summed E-state index contributed by atoms with van der Waals surface area (Å²) in [5.41, 5.74) is 0.548. The lowest BCUT2D eigenvalue weighted by Crippen LogP contribution is -2.37. The molecule has 1 aromatic carbocycles. The van der Waals surface area contributed by atoms with Crippen molar-refractivity contribution in [2.75, 3.05) is 6.61 Å². The molecule has 0 radical (unpaired) electrons. The summed E-state index contributed by atoms with van der Waals surface area (Å²) in [6.45, 7) is 4.25. The third-order valence-corrected chi connectivity index (χ3v) is 5.67. The number of aliphatic hydroxyl groups is 1. The van der Waals surface area contributed by atoms with Gasteiger partial charge in [0.15, 0.2) is 0 Å². The van der Waals surface area contributed by atoms with Gasteiger partial charge in [-0.25, -0.2) is 0 Å². The van der Waals surface area contributed by atoms with Gasteiger partial charge < -0.3 is 19.2 Å². The van der Waals surface area contributed by atoms with Gasteiger partial charge in [0.2, 0.25) is 0 Å². The molecule has 2 fully saturated rings. The van der Waals surface area contributed by atoms with Crippen LogP contribution in [-0.2, 0) is 9.59 Å². The normalized spacial score (nSPS) is 21.9. The summed E-state index contributed by atoms with van der Waals surface area (Å²) in [6, 6.07) is 9.70. The first-order chi connectivity index (χ1) is 14.0. The van der Waals surface area contributed by atoms with Crippen LogP contribution in [0, 0.1) is 6.92 Å². The van der Waals surface area contributed by atoms with Crippen molar-refractivity contribution in [3.8, 4) is 5.75 Å². The number of ketones is 1. The van der Waals surface area contributed by atoms with Gasteiger partial charge in [-0.1, -0.05) is 12.8 Å². The molecule has 0 spiro atoms. The highest BCUT2D eigenvalue weighted by Gasteiger charge is 2.50. The molecule has 1 saturated heterocycles. The summed E-state index contributed by atoms with van der Waals surface area (Å²) in [7, 11) is 0. The van der Waals surface area contributed by atoms with Crippen molar-refractivity contribution in [2.45, 2.75) is 51.6 Å². The van der Waals surface area contributed by atoms with E-state index in [1.165, 1.54) is 0 Å². The standard InChI is InChI=1S/C23H25NO5/c1-3-28-17-11-9-15(10-12-17)21(25)19-20(18-13-8-14(2)29-18)24(23(27)22(19)26)16-6-4-5-7-16/h8-13,16,20,25H,3-7H2,1-2H3/b21-19-. The Hall–Kier alpha value is -3.02. The van der Waals surface area contributed by atoms with E-state index in [1.807, 2.05) is 13.8 Å². The van der Waals surface area contributed by atoms with Crippen LogP contribution >= 0.6 is 0 Å². The largest absolute Gasteiger partial charge is 0.507 e. The lowest BCUT2D eigenvalue weighted by molar-refractivity contribution is -0.141. The number of furan rings is 1. The maximum Gasteiger partial charge on any atom is 0.296 e. The molecule has 2 heterocycles. The second-order valence-electron chi connectivity index (χ2n) is 7.55. The van der Waals surface area contributed by atoms with Crippen molar-refractivity contribution in [3.05, 3.63) is 59.1 Å². The number of likely N-dealkylation sites (tertiary alicyclic amines) is 1. The fourth-order valence-electron chi connectivity index (χ4n) is 4.32. The van der Waals surface area contributed by atoms with Crippen molar-refractivity contribution in [1.82, 2.24) is 4.90 Å². The number of carbonyl (C=O) groups is 2. The zero-order valence-corrected chi connectivity index (χ0v) is 16.7. The molecular weight excluding hydrogens is 370 g/mol. The molecule has 6 heteroatoms. The van der Waals surface area contributed by atoms with Crippen molar-refractivity contribution >= 4 is 17.4 Å². The van der Waals surface area contributed by atoms with Crippen LogP contribution in [0.2, 0.25) is 0 Å². The van der Waals surface area contributed by atoms with Crippen molar-refractivity contribution in [3.63, 3.8) is 0 Å². The molecule has 2 aliphatic rings. The third-order valence-electron chi connectivity index (χ3n) is 5.67. The van der Waals surface area contributed by atoms with Crippen molar-refractivity contribution in [1.29, 1.82) is 0 Å². The minimum absolute atomic E-state index is 0.0208. The van der Waals surface area contributed by atoms with E-state index in [-0.39, 0.29) is 17.4 Å². The molecule has 6 nitrogen and oxygen atoms in total. The SMILES string of the molecule is CCOc1ccc(/C(O)=C2/C(=O)C(=O)N(C3CCCC3)C2c2ccc(C)o2)cc1. The molecule has 1 aliphatic carbocycles. The Morgan fingerprint density at radius 3 is 2.41 bits per heavy atom. The van der Waals surface area contributed by atoms with E-state index in [0.29, 0.717) is 29.4 Å². The number of hydrogen-bond donors (Lipinski definition) is 1. The molecule has 4 rings (SSSR count). The minimum atomic E-state index is -0.710. The molecule has 1 unspecified atom stereocenters. The van der Waals surface area contributed by atoms with Gasteiger partial charge in [-0.15, -0.1) is 0 Å². The van der Waals surface area contributed by atoms with Gasteiger partial charge >= 0.3 is 0 Å². The Morgan fingerprint density at radius 1 is 1.14 bits per heavy atom. The summed E-state index contributed by atoms with van der Waals surface area (Å²) < 4.78 is 11.2. The molecule has 1 atom stereocenters. The van der Waals surface area contributed by atoms with Gasteiger partial charge in [-0.2, -0.15) is 0 Å². The molecule has 1 saturated carbocycles. The van der Waals surface area contributed by atoms with E-state index in [9.17, 15) is 14.7 Å². The summed E-state index contributed by atoms with van der Waals surface area (Å²) in [5.74, 6) is 0.449. The van der Waals surface area contributed by atoms with Crippen LogP contribution < -0.4 is 4.74 Å². The van der Waals surface area contributed by atoms with Gasteiger partial charge in [0.05, 0.1) is 12.2 Å². The van der Waals surface area contributed by atoms with Gasteiger partial charge in [0.25, 0.3) is 11.7 Å². The zero-order chi connectivity index (χ0) is 20.5. The van der Waals surface area contributed by atoms with E-state index in [4.69, 9.17) is 9.15 Å². The first-order valence-electron chi connectivity index (χ1n) is 10.1. The monoisotopic (exact) mass is 395 g/mol. The van der Waals surface area contributed by atoms with E-state index in [1.54, 1.807) is 41.3 Å². The highest BCUT2D eigenvalue weighted by molar-refractivity contribution is 6.46. The summed E-state index contributed by atoms with van der Waals surface area (Å²) >= 11 is 0. The summed E-state index contributed by atoms with van der Waals surface area (Å²) in [4.78, 5) is 27.5. The number of hydrogen-bond acceptors (Lipinski definition) is 5. The maximum atomic E-state index is 13.0. The molecule has 1 aliphatic heterocycles. The molecule has 1 aromatic heterocycles. The van der Waals surface area contributed by atoms with Crippen LogP contribution in [0.4, 0.5) is 0 Å². The van der Waals surface area contributed by atoms with Crippen LogP contribution in [0.3, 0.4) is 0 Å². The Bertz CT molecular complexity index is 950. The van der Waals surface area contributed by atoms with Crippen molar-refractivity contribution in [2.24, 2.45) is 0 Å². The highest BCUT2D eigenvalue weighted by atomic mass is 16.5. The molecule has 0 bridgehead atoms. The van der Waals surface area contributed by atoms with E-state index < -0.39 is 17.7 Å². The van der Waals surface area contributed by atoms with Crippen LogP contribution in [-0.4, -0.2) is 34.3 Å². The quantitative estimate of drug-likeness (QED) is 0.462. The molecule has 152 valence electrons. The molecule has 29 heavy (non-hydrogen) atoms. The van der Waals surface area contributed by atoms with Crippen LogP contribution in [0.15, 0.2) is 46.4 Å². The van der Waals surface area contributed by atoms with E-state index >= 15 is 0 Å². The summed E-state index contributed by atoms with van der Waals surface area (Å²) in [5, 5.41) is 11.0. The number of rotatable bonds is 5. The first kappa shape index (κ1) is 19.3. The molecule has 1 N–H and O–H groups in total. The van der Waals surface area contributed by atoms with Gasteiger partial charge in [-0.05, 0) is 63.1 Å². The average Bonchev–Trinajstić information content (AvgIpc) is 3.43. The number of aliphatic hydroxyl groups excluding tert-OH is 1. The van der Waals surface area contributed by atoms with E-state index in [0.717, 1.165) is 25.7 Å². The van der Waals surface area contributed by atoms with Crippen molar-refractivity contribution < 1.29 is 23.8 Å². The first-order valence-corrected chi connectivity index (χ1v) is 10.1. The number of amides is 1. The van der Waals surface area contributed by atoms with Crippen LogP contribution in [0.1, 0.15) is 55.7 Å². The number of nitrogens with zero attached hydrogens (tertiary/aromatic N) is 1. The van der Waals surface area contributed by atoms with Gasteiger partial charge in [0, 0.05) is 11.6 Å². The minimum Gasteiger partial charge on any atom is -0.507 e.